The minimum Gasteiger partial charge on any atom is -0.352 e. The zero-order valence-electron chi connectivity index (χ0n) is 14.4. The predicted molar refractivity (Wildman–Crippen MR) is 98.5 cm³/mol. The molecule has 0 aromatic heterocycles. The van der Waals surface area contributed by atoms with Crippen LogP contribution >= 0.6 is 0 Å². The van der Waals surface area contributed by atoms with Crippen LogP contribution in [0.5, 0.6) is 0 Å². The molecular formula is C17H26N4O3S. The van der Waals surface area contributed by atoms with Gasteiger partial charge in [0.1, 0.15) is 0 Å². The summed E-state index contributed by atoms with van der Waals surface area (Å²) < 4.78 is 25.4. The second-order valence-corrected chi connectivity index (χ2v) is 8.51. The Hall–Kier alpha value is -1.64. The van der Waals surface area contributed by atoms with Gasteiger partial charge in [-0.05, 0) is 37.6 Å². The summed E-state index contributed by atoms with van der Waals surface area (Å²) in [5.74, 6) is 0.0221. The molecule has 2 heterocycles. The molecule has 25 heavy (non-hydrogen) atoms. The number of anilines is 1. The van der Waals surface area contributed by atoms with Crippen LogP contribution in [0.25, 0.3) is 0 Å². The molecule has 0 aliphatic carbocycles. The first-order chi connectivity index (χ1) is 12.1. The van der Waals surface area contributed by atoms with Crippen molar-refractivity contribution in [2.24, 2.45) is 0 Å². The van der Waals surface area contributed by atoms with Crippen molar-refractivity contribution in [3.63, 3.8) is 0 Å². The molecule has 2 fully saturated rings. The fourth-order valence-corrected chi connectivity index (χ4v) is 4.83. The lowest BCUT2D eigenvalue weighted by atomic mass is 10.2. The van der Waals surface area contributed by atoms with E-state index in [4.69, 9.17) is 0 Å². The van der Waals surface area contributed by atoms with Gasteiger partial charge >= 0.3 is 0 Å². The van der Waals surface area contributed by atoms with Crippen molar-refractivity contribution < 1.29 is 13.2 Å². The Labute approximate surface area is 149 Å². The maximum absolute atomic E-state index is 12.3. The highest BCUT2D eigenvalue weighted by molar-refractivity contribution is 7.93. The number of nitrogens with one attached hydrogen (secondary N) is 2. The highest BCUT2D eigenvalue weighted by Gasteiger charge is 2.28. The maximum atomic E-state index is 12.3. The lowest BCUT2D eigenvalue weighted by Crippen LogP contribution is -2.44. The molecule has 1 amide bonds. The number of amides is 1. The van der Waals surface area contributed by atoms with E-state index >= 15 is 0 Å². The summed E-state index contributed by atoms with van der Waals surface area (Å²) in [6.07, 6.45) is 1.54. The molecule has 2 aliphatic heterocycles. The van der Waals surface area contributed by atoms with E-state index in [2.05, 4.69) is 15.5 Å². The molecule has 0 saturated carbocycles. The Bertz CT molecular complexity index is 702. The van der Waals surface area contributed by atoms with E-state index < -0.39 is 10.0 Å². The van der Waals surface area contributed by atoms with Gasteiger partial charge in [0.25, 0.3) is 5.91 Å². The van der Waals surface area contributed by atoms with E-state index in [0.717, 1.165) is 39.1 Å². The van der Waals surface area contributed by atoms with Crippen LogP contribution in [-0.4, -0.2) is 70.8 Å². The minimum absolute atomic E-state index is 0.154. The van der Waals surface area contributed by atoms with E-state index in [1.165, 1.54) is 4.31 Å². The molecule has 0 bridgehead atoms. The fraction of sp³-hybridized carbons (Fsp3) is 0.588. The van der Waals surface area contributed by atoms with Crippen LogP contribution < -0.4 is 14.9 Å². The summed E-state index contributed by atoms with van der Waals surface area (Å²) in [6.45, 7) is 6.25. The van der Waals surface area contributed by atoms with Crippen molar-refractivity contribution in [1.29, 1.82) is 0 Å². The number of rotatable bonds is 6. The number of nitrogens with zero attached hydrogens (tertiary/aromatic N) is 2. The van der Waals surface area contributed by atoms with Gasteiger partial charge in [-0.3, -0.25) is 9.10 Å². The number of carbonyl (C=O) groups is 1. The molecule has 2 N–H and O–H groups in total. The molecule has 0 spiro atoms. The summed E-state index contributed by atoms with van der Waals surface area (Å²) in [5.41, 5.74) is 1.08. The molecule has 8 heteroatoms. The van der Waals surface area contributed by atoms with Crippen LogP contribution in [0.3, 0.4) is 0 Å². The molecule has 7 nitrogen and oxygen atoms in total. The van der Waals surface area contributed by atoms with Gasteiger partial charge in [-0.1, -0.05) is 6.07 Å². The Morgan fingerprint density at radius 3 is 2.72 bits per heavy atom. The van der Waals surface area contributed by atoms with Gasteiger partial charge in [-0.2, -0.15) is 0 Å². The van der Waals surface area contributed by atoms with Gasteiger partial charge in [0, 0.05) is 44.8 Å². The van der Waals surface area contributed by atoms with E-state index in [1.807, 2.05) is 0 Å². The van der Waals surface area contributed by atoms with E-state index in [-0.39, 0.29) is 11.7 Å². The first kappa shape index (κ1) is 18.2. The standard InChI is InChI=1S/C17H26N4O3S/c22-17(19-6-2-9-20-11-7-18-8-12-20)15-4-1-5-16(14-15)21-10-3-13-25(21,23)24/h1,4-5,14,18H,2-3,6-13H2,(H,19,22). The highest BCUT2D eigenvalue weighted by Crippen LogP contribution is 2.24. The number of piperazine rings is 1. The molecule has 0 unspecified atom stereocenters. The number of hydrogen-bond acceptors (Lipinski definition) is 5. The SMILES string of the molecule is O=C(NCCCN1CCNCC1)c1cccc(N2CCCS2(=O)=O)c1. The van der Waals surface area contributed by atoms with Gasteiger partial charge in [-0.25, -0.2) is 8.42 Å². The average molecular weight is 366 g/mol. The van der Waals surface area contributed by atoms with E-state index in [9.17, 15) is 13.2 Å². The summed E-state index contributed by atoms with van der Waals surface area (Å²) in [5, 5.41) is 6.25. The van der Waals surface area contributed by atoms with Gasteiger partial charge in [0.15, 0.2) is 0 Å². The second kappa shape index (κ2) is 8.16. The van der Waals surface area contributed by atoms with Crippen LogP contribution in [0, 0.1) is 0 Å². The Morgan fingerprint density at radius 1 is 1.20 bits per heavy atom. The quantitative estimate of drug-likeness (QED) is 0.706. The monoisotopic (exact) mass is 366 g/mol. The van der Waals surface area contributed by atoms with Crippen molar-refractivity contribution in [1.82, 2.24) is 15.5 Å². The average Bonchev–Trinajstić information content (AvgIpc) is 2.99. The molecule has 2 aliphatic rings. The fourth-order valence-electron chi connectivity index (χ4n) is 3.27. The molecule has 1 aromatic carbocycles. The van der Waals surface area contributed by atoms with Crippen LogP contribution in [-0.2, 0) is 10.0 Å². The number of carbonyl (C=O) groups excluding carboxylic acids is 1. The molecule has 138 valence electrons. The topological polar surface area (TPSA) is 81.8 Å². The normalized spacial score (nSPS) is 20.6. The zero-order valence-corrected chi connectivity index (χ0v) is 15.2. The first-order valence-corrected chi connectivity index (χ1v) is 10.5. The Kier molecular flexibility index (Phi) is 5.93. The number of benzene rings is 1. The lowest BCUT2D eigenvalue weighted by molar-refractivity contribution is 0.0951. The third-order valence-electron chi connectivity index (χ3n) is 4.64. The molecule has 0 atom stereocenters. The lowest BCUT2D eigenvalue weighted by Gasteiger charge is -2.27. The van der Waals surface area contributed by atoms with Gasteiger partial charge < -0.3 is 15.5 Å². The number of hydrogen-bond donors (Lipinski definition) is 2. The molecule has 0 radical (unpaired) electrons. The smallest absolute Gasteiger partial charge is 0.251 e. The predicted octanol–water partition coefficient (Wildman–Crippen LogP) is 0.252. The van der Waals surface area contributed by atoms with Crippen LogP contribution in [0.1, 0.15) is 23.2 Å². The maximum Gasteiger partial charge on any atom is 0.251 e. The van der Waals surface area contributed by atoms with Gasteiger partial charge in [0.05, 0.1) is 11.4 Å². The first-order valence-electron chi connectivity index (χ1n) is 8.88. The Morgan fingerprint density at radius 2 is 2.00 bits per heavy atom. The van der Waals surface area contributed by atoms with Crippen LogP contribution in [0.4, 0.5) is 5.69 Å². The molecule has 3 rings (SSSR count). The van der Waals surface area contributed by atoms with Crippen LogP contribution in [0.15, 0.2) is 24.3 Å². The molecule has 2 saturated heterocycles. The molecular weight excluding hydrogens is 340 g/mol. The summed E-state index contributed by atoms with van der Waals surface area (Å²) in [6, 6.07) is 6.86. The largest absolute Gasteiger partial charge is 0.352 e. The van der Waals surface area contributed by atoms with Crippen molar-refractivity contribution in [3.8, 4) is 0 Å². The van der Waals surface area contributed by atoms with Crippen molar-refractivity contribution in [3.05, 3.63) is 29.8 Å². The third kappa shape index (κ3) is 4.71. The van der Waals surface area contributed by atoms with Crippen LogP contribution in [0.2, 0.25) is 0 Å². The Balaban J connectivity index is 1.51. The highest BCUT2D eigenvalue weighted by atomic mass is 32.2. The van der Waals surface area contributed by atoms with Gasteiger partial charge in [-0.15, -0.1) is 0 Å². The van der Waals surface area contributed by atoms with Gasteiger partial charge in [0.2, 0.25) is 10.0 Å². The minimum atomic E-state index is -3.22. The van der Waals surface area contributed by atoms with Crippen molar-refractivity contribution in [2.75, 3.05) is 55.9 Å². The van der Waals surface area contributed by atoms with E-state index in [0.29, 0.717) is 30.8 Å². The summed E-state index contributed by atoms with van der Waals surface area (Å²) in [7, 11) is -3.22. The summed E-state index contributed by atoms with van der Waals surface area (Å²) >= 11 is 0. The summed E-state index contributed by atoms with van der Waals surface area (Å²) in [4.78, 5) is 14.7. The molecule has 1 aromatic rings. The number of sulfonamides is 1. The van der Waals surface area contributed by atoms with E-state index in [1.54, 1.807) is 24.3 Å². The third-order valence-corrected chi connectivity index (χ3v) is 6.51. The van der Waals surface area contributed by atoms with Crippen molar-refractivity contribution >= 4 is 21.6 Å². The second-order valence-electron chi connectivity index (χ2n) is 6.49. The van der Waals surface area contributed by atoms with Crippen molar-refractivity contribution in [2.45, 2.75) is 12.8 Å². The zero-order chi connectivity index (χ0) is 17.7.